The Morgan fingerprint density at radius 2 is 0.683 bits per heavy atom. The van der Waals surface area contributed by atoms with Crippen molar-refractivity contribution >= 4 is 65.2 Å². The van der Waals surface area contributed by atoms with Crippen molar-refractivity contribution in [3.63, 3.8) is 0 Å². The zero-order valence-corrected chi connectivity index (χ0v) is 33.5. The fourth-order valence-electron chi connectivity index (χ4n) is 10.1. The predicted molar refractivity (Wildman–Crippen MR) is 257 cm³/mol. The molecular weight excluding hydrogens is 725 g/mol. The van der Waals surface area contributed by atoms with Gasteiger partial charge in [0.1, 0.15) is 0 Å². The van der Waals surface area contributed by atoms with E-state index in [1.165, 1.54) is 121 Å². The molecule has 10 aromatic carbocycles. The molecule has 0 aliphatic heterocycles. The van der Waals surface area contributed by atoms with E-state index in [0.29, 0.717) is 0 Å². The third kappa shape index (κ3) is 5.21. The highest BCUT2D eigenvalue weighted by Gasteiger charge is 2.21. The van der Waals surface area contributed by atoms with Gasteiger partial charge in [-0.3, -0.25) is 0 Å². The highest BCUT2D eigenvalue weighted by molar-refractivity contribution is 6.21. The molecule has 60 heavy (non-hydrogen) atoms. The second-order valence-electron chi connectivity index (χ2n) is 16.2. The summed E-state index contributed by atoms with van der Waals surface area (Å²) < 4.78 is 4.63. The van der Waals surface area contributed by atoms with Crippen LogP contribution in [0.15, 0.2) is 206 Å². The molecule has 0 radical (unpaired) electrons. The maximum atomic E-state index is 2.47. The van der Waals surface area contributed by atoms with E-state index in [1.54, 1.807) is 0 Å². The lowest BCUT2D eigenvalue weighted by Gasteiger charge is -2.20. The second-order valence-corrected chi connectivity index (χ2v) is 16.2. The van der Waals surface area contributed by atoms with Gasteiger partial charge in [0.15, 0.2) is 0 Å². The molecule has 2 heterocycles. The molecular formula is C58H40N2. The van der Waals surface area contributed by atoms with Gasteiger partial charge in [0.2, 0.25) is 0 Å². The number of aryl methyl sites for hydroxylation is 2. The van der Waals surface area contributed by atoms with Gasteiger partial charge in [0.05, 0.1) is 0 Å². The number of nitrogens with zero attached hydrogens (tertiary/aromatic N) is 2. The van der Waals surface area contributed by atoms with Crippen LogP contribution in [-0.4, -0.2) is 9.13 Å². The lowest BCUT2D eigenvalue weighted by atomic mass is 9.83. The fourth-order valence-corrected chi connectivity index (χ4v) is 10.1. The van der Waals surface area contributed by atoms with Crippen LogP contribution in [-0.2, 0) is 14.1 Å². The van der Waals surface area contributed by atoms with Crippen LogP contribution in [0.3, 0.4) is 0 Å². The van der Waals surface area contributed by atoms with Gasteiger partial charge in [-0.1, -0.05) is 158 Å². The normalized spacial score (nSPS) is 11.8. The van der Waals surface area contributed by atoms with E-state index in [4.69, 9.17) is 0 Å². The van der Waals surface area contributed by atoms with E-state index in [-0.39, 0.29) is 0 Å². The highest BCUT2D eigenvalue weighted by Crippen LogP contribution is 2.47. The minimum absolute atomic E-state index is 1.20. The molecule has 282 valence electrons. The molecule has 0 fully saturated rings. The Morgan fingerprint density at radius 3 is 1.23 bits per heavy atom. The SMILES string of the molecule is Cn1c2ccccc2c2cc(-c3cccc4c(-c5cc(-c6ccccc6)ccc5-c5ccccc5)c5cccc(-c6ccc7c(c6)c6ccccc6n7C)c5cc34)ccc21. The molecule has 0 bridgehead atoms. The Balaban J connectivity index is 1.20. The zero-order chi connectivity index (χ0) is 39.9. The molecule has 0 spiro atoms. The number of aromatic nitrogens is 2. The molecule has 12 rings (SSSR count). The summed E-state index contributed by atoms with van der Waals surface area (Å²) in [5.41, 5.74) is 17.1. The first kappa shape index (κ1) is 34.4. The lowest BCUT2D eigenvalue weighted by Crippen LogP contribution is -1.94. The first-order valence-electron chi connectivity index (χ1n) is 20.8. The largest absolute Gasteiger partial charge is 0.344 e. The number of fused-ring (bicyclic) bond motifs is 8. The average molecular weight is 765 g/mol. The predicted octanol–water partition coefficient (Wildman–Crippen LogP) is 15.6. The third-order valence-corrected chi connectivity index (χ3v) is 13.0. The highest BCUT2D eigenvalue weighted by atomic mass is 14.9. The molecule has 0 atom stereocenters. The van der Waals surface area contributed by atoms with E-state index in [0.717, 1.165) is 0 Å². The molecule has 0 saturated heterocycles. The molecule has 0 saturated carbocycles. The van der Waals surface area contributed by atoms with Gasteiger partial charge in [-0.25, -0.2) is 0 Å². The summed E-state index contributed by atoms with van der Waals surface area (Å²) in [6.07, 6.45) is 0. The Kier molecular flexibility index (Phi) is 7.70. The number of hydrogen-bond acceptors (Lipinski definition) is 0. The summed E-state index contributed by atoms with van der Waals surface area (Å²) >= 11 is 0. The van der Waals surface area contributed by atoms with E-state index < -0.39 is 0 Å². The molecule has 0 aliphatic rings. The second kappa shape index (κ2) is 13.4. The molecule has 2 heteroatoms. The van der Waals surface area contributed by atoms with Gasteiger partial charge in [0.25, 0.3) is 0 Å². The zero-order valence-electron chi connectivity index (χ0n) is 33.5. The quantitative estimate of drug-likeness (QED) is 0.155. The van der Waals surface area contributed by atoms with Crippen molar-refractivity contribution in [1.82, 2.24) is 9.13 Å². The summed E-state index contributed by atoms with van der Waals surface area (Å²) in [7, 11) is 4.34. The minimum atomic E-state index is 1.20. The van der Waals surface area contributed by atoms with Gasteiger partial charge in [-0.2, -0.15) is 0 Å². The van der Waals surface area contributed by atoms with Gasteiger partial charge < -0.3 is 9.13 Å². The standard InChI is InChI=1S/C58H40N2/c1-59-54-25-11-9-19-45(54)51-34-40(28-31-56(51)59)42-21-13-23-47-49(42)36-50-43(41-29-32-57-52(35-41)46-20-10-12-26-55(46)60(57)2)22-14-24-48(50)58(47)53-33-39(37-15-5-3-6-16-37)27-30-44(53)38-17-7-4-8-18-38/h3-36H,1-2H3. The summed E-state index contributed by atoms with van der Waals surface area (Å²) in [6, 6.07) is 76.5. The van der Waals surface area contributed by atoms with Crippen molar-refractivity contribution in [1.29, 1.82) is 0 Å². The molecule has 12 aromatic rings. The summed E-state index contributed by atoms with van der Waals surface area (Å²) in [5.74, 6) is 0. The smallest absolute Gasteiger partial charge is 0.0489 e. The van der Waals surface area contributed by atoms with E-state index in [9.17, 15) is 0 Å². The van der Waals surface area contributed by atoms with Crippen LogP contribution in [0, 0.1) is 0 Å². The van der Waals surface area contributed by atoms with Crippen molar-refractivity contribution in [2.24, 2.45) is 14.1 Å². The van der Waals surface area contributed by atoms with Crippen LogP contribution in [0.5, 0.6) is 0 Å². The van der Waals surface area contributed by atoms with E-state index in [2.05, 4.69) is 229 Å². The van der Waals surface area contributed by atoms with Crippen LogP contribution >= 0.6 is 0 Å². The fraction of sp³-hybridized carbons (Fsp3) is 0.0345. The minimum Gasteiger partial charge on any atom is -0.344 e. The first-order chi connectivity index (χ1) is 29.6. The monoisotopic (exact) mass is 764 g/mol. The average Bonchev–Trinajstić information content (AvgIpc) is 3.77. The summed E-state index contributed by atoms with van der Waals surface area (Å²) in [4.78, 5) is 0. The molecule has 0 amide bonds. The van der Waals surface area contributed by atoms with Crippen molar-refractivity contribution in [2.75, 3.05) is 0 Å². The van der Waals surface area contributed by atoms with Crippen LogP contribution in [0.2, 0.25) is 0 Å². The van der Waals surface area contributed by atoms with E-state index in [1.807, 2.05) is 0 Å². The summed E-state index contributed by atoms with van der Waals surface area (Å²) in [5, 5.41) is 10.1. The Hall–Kier alpha value is -7.68. The molecule has 0 N–H and O–H groups in total. The molecule has 2 aromatic heterocycles. The van der Waals surface area contributed by atoms with Gasteiger partial charge in [0, 0.05) is 57.7 Å². The Labute approximate surface area is 348 Å². The number of para-hydroxylation sites is 2. The number of hydrogen-bond donors (Lipinski definition) is 0. The molecule has 0 unspecified atom stereocenters. The van der Waals surface area contributed by atoms with Crippen molar-refractivity contribution < 1.29 is 0 Å². The maximum absolute atomic E-state index is 2.47. The van der Waals surface area contributed by atoms with Gasteiger partial charge >= 0.3 is 0 Å². The van der Waals surface area contributed by atoms with Crippen molar-refractivity contribution in [3.05, 3.63) is 206 Å². The third-order valence-electron chi connectivity index (χ3n) is 13.0. The van der Waals surface area contributed by atoms with Crippen LogP contribution in [0.25, 0.3) is 121 Å². The topological polar surface area (TPSA) is 9.86 Å². The first-order valence-corrected chi connectivity index (χ1v) is 20.8. The van der Waals surface area contributed by atoms with Gasteiger partial charge in [-0.15, -0.1) is 0 Å². The lowest BCUT2D eigenvalue weighted by molar-refractivity contribution is 1.01. The Bertz CT molecular complexity index is 3480. The van der Waals surface area contributed by atoms with Crippen molar-refractivity contribution in [2.45, 2.75) is 0 Å². The maximum Gasteiger partial charge on any atom is 0.0489 e. The molecule has 0 aliphatic carbocycles. The number of benzene rings is 10. The van der Waals surface area contributed by atoms with Crippen LogP contribution in [0.1, 0.15) is 0 Å². The van der Waals surface area contributed by atoms with Crippen LogP contribution < -0.4 is 0 Å². The molecule has 2 nitrogen and oxygen atoms in total. The van der Waals surface area contributed by atoms with Gasteiger partial charge in [-0.05, 0) is 126 Å². The van der Waals surface area contributed by atoms with E-state index >= 15 is 0 Å². The summed E-state index contributed by atoms with van der Waals surface area (Å²) in [6.45, 7) is 0. The Morgan fingerprint density at radius 1 is 0.233 bits per heavy atom. The van der Waals surface area contributed by atoms with Crippen LogP contribution in [0.4, 0.5) is 0 Å². The van der Waals surface area contributed by atoms with Crippen molar-refractivity contribution in [3.8, 4) is 55.6 Å². The number of rotatable bonds is 5.